The predicted octanol–water partition coefficient (Wildman–Crippen LogP) is 1.79. The average Bonchev–Trinajstić information content (AvgIpc) is 3.08. The highest BCUT2D eigenvalue weighted by molar-refractivity contribution is 5.74. The van der Waals surface area contributed by atoms with Crippen LogP contribution in [0.4, 0.5) is 4.79 Å². The molecule has 1 saturated carbocycles. The largest absolute Gasteiger partial charge is 0.335 e. The summed E-state index contributed by atoms with van der Waals surface area (Å²) in [6.07, 6.45) is 10.6. The molecule has 0 atom stereocenters. The molecule has 0 bridgehead atoms. The first kappa shape index (κ1) is 14.5. The predicted molar refractivity (Wildman–Crippen MR) is 81.4 cm³/mol. The van der Waals surface area contributed by atoms with Crippen LogP contribution in [0.1, 0.15) is 37.7 Å². The number of hydrogen-bond acceptors (Lipinski definition) is 4. The Morgan fingerprint density at radius 3 is 2.95 bits per heavy atom. The number of nitrogens with zero attached hydrogens (tertiary/aromatic N) is 4. The van der Waals surface area contributed by atoms with Crippen LogP contribution in [0.15, 0.2) is 31.0 Å². The van der Waals surface area contributed by atoms with E-state index in [0.717, 1.165) is 18.4 Å². The molecule has 0 spiro atoms. The zero-order valence-electron chi connectivity index (χ0n) is 12.4. The Labute approximate surface area is 129 Å². The van der Waals surface area contributed by atoms with E-state index in [1.54, 1.807) is 17.2 Å². The normalized spacial score (nSPS) is 15.5. The van der Waals surface area contributed by atoms with Gasteiger partial charge in [-0.05, 0) is 18.9 Å². The molecule has 2 aromatic heterocycles. The Morgan fingerprint density at radius 1 is 1.32 bits per heavy atom. The number of nitrogens with one attached hydrogen (secondary N) is 2. The second kappa shape index (κ2) is 7.02. The van der Waals surface area contributed by atoms with Crippen molar-refractivity contribution in [2.24, 2.45) is 0 Å². The van der Waals surface area contributed by atoms with Gasteiger partial charge in [0.25, 0.3) is 0 Å². The van der Waals surface area contributed by atoms with E-state index in [1.165, 1.54) is 25.6 Å². The van der Waals surface area contributed by atoms with E-state index in [4.69, 9.17) is 0 Å². The van der Waals surface area contributed by atoms with Crippen molar-refractivity contribution in [3.05, 3.63) is 36.5 Å². The van der Waals surface area contributed by atoms with E-state index < -0.39 is 0 Å². The third-order valence-corrected chi connectivity index (χ3v) is 3.88. The van der Waals surface area contributed by atoms with E-state index in [0.29, 0.717) is 18.4 Å². The molecule has 0 aliphatic heterocycles. The van der Waals surface area contributed by atoms with Crippen LogP contribution in [0, 0.1) is 0 Å². The summed E-state index contributed by atoms with van der Waals surface area (Å²) < 4.78 is 1.59. The van der Waals surface area contributed by atoms with Gasteiger partial charge in [-0.2, -0.15) is 5.10 Å². The topological polar surface area (TPSA) is 84.7 Å². The molecule has 1 aliphatic rings. The maximum absolute atomic E-state index is 12.0. The van der Waals surface area contributed by atoms with Crippen molar-refractivity contribution in [2.45, 2.75) is 44.7 Å². The molecule has 2 N–H and O–H groups in total. The molecule has 116 valence electrons. The summed E-state index contributed by atoms with van der Waals surface area (Å²) in [6.45, 7) is 0.404. The molecular formula is C15H20N6O. The van der Waals surface area contributed by atoms with Crippen LogP contribution in [0.25, 0.3) is 5.82 Å². The summed E-state index contributed by atoms with van der Waals surface area (Å²) in [5.41, 5.74) is 0.895. The molecule has 22 heavy (non-hydrogen) atoms. The number of pyridine rings is 1. The van der Waals surface area contributed by atoms with Gasteiger partial charge in [-0.3, -0.25) is 0 Å². The molecule has 0 radical (unpaired) electrons. The lowest BCUT2D eigenvalue weighted by Crippen LogP contribution is -2.42. The number of carbonyl (C=O) groups is 1. The van der Waals surface area contributed by atoms with Gasteiger partial charge in [-0.1, -0.05) is 25.3 Å². The van der Waals surface area contributed by atoms with Crippen molar-refractivity contribution in [3.63, 3.8) is 0 Å². The van der Waals surface area contributed by atoms with Gasteiger partial charge in [0.15, 0.2) is 5.82 Å². The highest BCUT2D eigenvalue weighted by atomic mass is 16.2. The molecule has 1 aliphatic carbocycles. The van der Waals surface area contributed by atoms with Crippen LogP contribution in [0.5, 0.6) is 0 Å². The highest BCUT2D eigenvalue weighted by Crippen LogP contribution is 2.17. The molecule has 2 aromatic rings. The summed E-state index contributed by atoms with van der Waals surface area (Å²) in [5.74, 6) is 0.679. The molecular weight excluding hydrogens is 280 g/mol. The van der Waals surface area contributed by atoms with Gasteiger partial charge >= 0.3 is 6.03 Å². The van der Waals surface area contributed by atoms with Crippen LogP contribution >= 0.6 is 0 Å². The van der Waals surface area contributed by atoms with Crippen molar-refractivity contribution in [1.29, 1.82) is 0 Å². The second-order valence-corrected chi connectivity index (χ2v) is 5.49. The van der Waals surface area contributed by atoms with Crippen molar-refractivity contribution < 1.29 is 4.79 Å². The van der Waals surface area contributed by atoms with Gasteiger partial charge in [0.05, 0.1) is 0 Å². The monoisotopic (exact) mass is 300 g/mol. The summed E-state index contributed by atoms with van der Waals surface area (Å²) in [5, 5.41) is 10.0. The first-order chi connectivity index (χ1) is 10.8. The van der Waals surface area contributed by atoms with E-state index in [1.807, 2.05) is 12.1 Å². The van der Waals surface area contributed by atoms with Gasteiger partial charge < -0.3 is 10.6 Å². The average molecular weight is 300 g/mol. The third-order valence-electron chi connectivity index (χ3n) is 3.88. The van der Waals surface area contributed by atoms with Gasteiger partial charge in [0, 0.05) is 24.3 Å². The number of rotatable bonds is 4. The molecule has 3 rings (SSSR count). The molecule has 2 amide bonds. The molecule has 1 fully saturated rings. The Bertz CT molecular complexity index is 606. The van der Waals surface area contributed by atoms with E-state index in [-0.39, 0.29) is 6.03 Å². The zero-order chi connectivity index (χ0) is 15.2. The van der Waals surface area contributed by atoms with Gasteiger partial charge in [-0.25, -0.2) is 19.4 Å². The standard InChI is InChI=1S/C15H20N6O/c22-15(20-13-6-2-1-3-7-13)18-9-12-5-4-8-17-14(12)21-11-16-10-19-21/h4-5,8,10-11,13H,1-3,6-7,9H2,(H2,18,20,22). The molecule has 7 heteroatoms. The number of aromatic nitrogens is 4. The molecule has 7 nitrogen and oxygen atoms in total. The zero-order valence-corrected chi connectivity index (χ0v) is 12.4. The maximum Gasteiger partial charge on any atom is 0.315 e. The van der Waals surface area contributed by atoms with Crippen molar-refractivity contribution >= 4 is 6.03 Å². The minimum absolute atomic E-state index is 0.125. The van der Waals surface area contributed by atoms with Crippen molar-refractivity contribution in [3.8, 4) is 5.82 Å². The van der Waals surface area contributed by atoms with Crippen LogP contribution in [0.2, 0.25) is 0 Å². The fourth-order valence-electron chi connectivity index (χ4n) is 2.75. The van der Waals surface area contributed by atoms with Crippen LogP contribution in [-0.2, 0) is 6.54 Å². The SMILES string of the molecule is O=C(NCc1cccnc1-n1cncn1)NC1CCCCC1. The van der Waals surface area contributed by atoms with Crippen LogP contribution < -0.4 is 10.6 Å². The Morgan fingerprint density at radius 2 is 2.18 bits per heavy atom. The summed E-state index contributed by atoms with van der Waals surface area (Å²) >= 11 is 0. The number of amides is 2. The van der Waals surface area contributed by atoms with Crippen molar-refractivity contribution in [2.75, 3.05) is 0 Å². The van der Waals surface area contributed by atoms with Gasteiger partial charge in [0.1, 0.15) is 12.7 Å². The lowest BCUT2D eigenvalue weighted by molar-refractivity contribution is 0.232. The number of hydrogen-bond donors (Lipinski definition) is 2. The third kappa shape index (κ3) is 3.60. The Kier molecular flexibility index (Phi) is 4.62. The minimum Gasteiger partial charge on any atom is -0.335 e. The Balaban J connectivity index is 1.58. The Hall–Kier alpha value is -2.44. The molecule has 0 aromatic carbocycles. The van der Waals surface area contributed by atoms with E-state index in [2.05, 4.69) is 25.7 Å². The summed E-state index contributed by atoms with van der Waals surface area (Å²) in [4.78, 5) is 20.2. The summed E-state index contributed by atoms with van der Waals surface area (Å²) in [6, 6.07) is 3.94. The van der Waals surface area contributed by atoms with E-state index >= 15 is 0 Å². The number of carbonyl (C=O) groups excluding carboxylic acids is 1. The summed E-state index contributed by atoms with van der Waals surface area (Å²) in [7, 11) is 0. The van der Waals surface area contributed by atoms with Crippen LogP contribution in [0.3, 0.4) is 0 Å². The number of urea groups is 1. The lowest BCUT2D eigenvalue weighted by Gasteiger charge is -2.23. The van der Waals surface area contributed by atoms with Crippen LogP contribution in [-0.4, -0.2) is 31.8 Å². The highest BCUT2D eigenvalue weighted by Gasteiger charge is 2.15. The van der Waals surface area contributed by atoms with E-state index in [9.17, 15) is 4.79 Å². The fraction of sp³-hybridized carbons (Fsp3) is 0.467. The van der Waals surface area contributed by atoms with Crippen molar-refractivity contribution in [1.82, 2.24) is 30.4 Å². The second-order valence-electron chi connectivity index (χ2n) is 5.49. The quantitative estimate of drug-likeness (QED) is 0.901. The first-order valence-electron chi connectivity index (χ1n) is 7.66. The molecule has 0 unspecified atom stereocenters. The molecule has 2 heterocycles. The lowest BCUT2D eigenvalue weighted by atomic mass is 9.96. The smallest absolute Gasteiger partial charge is 0.315 e. The molecule has 0 saturated heterocycles. The first-order valence-corrected chi connectivity index (χ1v) is 7.66. The van der Waals surface area contributed by atoms with Gasteiger partial charge in [-0.15, -0.1) is 0 Å². The maximum atomic E-state index is 12.0. The van der Waals surface area contributed by atoms with Gasteiger partial charge in [0.2, 0.25) is 0 Å². The fourth-order valence-corrected chi connectivity index (χ4v) is 2.75. The minimum atomic E-state index is -0.125.